The molecule has 0 spiro atoms. The van der Waals surface area contributed by atoms with Gasteiger partial charge in [-0.05, 0) is 37.1 Å². The highest BCUT2D eigenvalue weighted by molar-refractivity contribution is 5.76. The molecular weight excluding hydrogens is 343 g/mol. The van der Waals surface area contributed by atoms with E-state index in [1.165, 1.54) is 12.1 Å². The summed E-state index contributed by atoms with van der Waals surface area (Å²) in [4.78, 5) is 19.0. The second-order valence-electron chi connectivity index (χ2n) is 6.73. The van der Waals surface area contributed by atoms with Crippen molar-refractivity contribution in [2.45, 2.75) is 32.2 Å². The first-order chi connectivity index (χ1) is 13.2. The average Bonchev–Trinajstić information content (AvgIpc) is 3.01. The molecular formula is C21H21FN4O. The molecule has 1 aliphatic rings. The van der Waals surface area contributed by atoms with E-state index < -0.39 is 0 Å². The van der Waals surface area contributed by atoms with Crippen molar-refractivity contribution in [3.8, 4) is 17.1 Å². The van der Waals surface area contributed by atoms with Gasteiger partial charge in [0.05, 0.1) is 12.2 Å². The molecule has 2 aromatic carbocycles. The van der Waals surface area contributed by atoms with Crippen molar-refractivity contribution in [3.63, 3.8) is 0 Å². The minimum absolute atomic E-state index is 0.155. The van der Waals surface area contributed by atoms with E-state index in [2.05, 4.69) is 5.10 Å². The van der Waals surface area contributed by atoms with Crippen LogP contribution in [0, 0.1) is 5.82 Å². The molecule has 0 radical (unpaired) electrons. The van der Waals surface area contributed by atoms with Crippen molar-refractivity contribution in [1.29, 1.82) is 0 Å². The van der Waals surface area contributed by atoms with E-state index >= 15 is 0 Å². The highest BCUT2D eigenvalue weighted by Gasteiger charge is 2.21. The molecule has 0 saturated carbocycles. The first-order valence-electron chi connectivity index (χ1n) is 9.26. The number of hydrogen-bond acceptors (Lipinski definition) is 3. The van der Waals surface area contributed by atoms with Gasteiger partial charge in [0.2, 0.25) is 5.91 Å². The summed E-state index contributed by atoms with van der Waals surface area (Å²) in [6.07, 6.45) is 3.59. The third kappa shape index (κ3) is 3.89. The Morgan fingerprint density at radius 2 is 1.74 bits per heavy atom. The zero-order chi connectivity index (χ0) is 18.6. The number of carbonyl (C=O) groups is 1. The number of amides is 1. The van der Waals surface area contributed by atoms with E-state index in [0.29, 0.717) is 24.6 Å². The first kappa shape index (κ1) is 17.4. The van der Waals surface area contributed by atoms with Crippen molar-refractivity contribution in [2.75, 3.05) is 6.54 Å². The molecule has 1 aromatic heterocycles. The van der Waals surface area contributed by atoms with Gasteiger partial charge < -0.3 is 4.90 Å². The summed E-state index contributed by atoms with van der Waals surface area (Å²) < 4.78 is 15.1. The van der Waals surface area contributed by atoms with Gasteiger partial charge >= 0.3 is 0 Å². The maximum absolute atomic E-state index is 13.3. The molecule has 0 aliphatic carbocycles. The Labute approximate surface area is 157 Å². The number of benzene rings is 2. The third-order valence-electron chi connectivity index (χ3n) is 4.78. The Balaban J connectivity index is 1.72. The fourth-order valence-corrected chi connectivity index (χ4v) is 3.32. The van der Waals surface area contributed by atoms with Gasteiger partial charge in [0.15, 0.2) is 11.6 Å². The fourth-order valence-electron chi connectivity index (χ4n) is 3.32. The van der Waals surface area contributed by atoms with E-state index in [-0.39, 0.29) is 11.7 Å². The van der Waals surface area contributed by atoms with Crippen LogP contribution in [0.3, 0.4) is 0 Å². The lowest BCUT2D eigenvalue weighted by Gasteiger charge is -2.20. The maximum atomic E-state index is 13.3. The molecule has 1 amide bonds. The van der Waals surface area contributed by atoms with E-state index in [1.807, 2.05) is 35.2 Å². The van der Waals surface area contributed by atoms with Gasteiger partial charge in [-0.1, -0.05) is 36.8 Å². The molecule has 5 nitrogen and oxygen atoms in total. The number of hydrogen-bond donors (Lipinski definition) is 0. The van der Waals surface area contributed by atoms with Crippen molar-refractivity contribution < 1.29 is 9.18 Å². The Hall–Kier alpha value is -3.02. The van der Waals surface area contributed by atoms with Crippen LogP contribution >= 0.6 is 0 Å². The Kier molecular flexibility index (Phi) is 4.96. The van der Waals surface area contributed by atoms with Crippen LogP contribution in [0.25, 0.3) is 17.1 Å². The average molecular weight is 364 g/mol. The standard InChI is InChI=1S/C21H21FN4O/c22-17-10-12-18(13-11-17)26-19(15-25-14-6-2-5-9-20(25)27)23-21(24-26)16-7-3-1-4-8-16/h1,3-4,7-8,10-13H,2,5-6,9,14-15H2. The molecule has 2 heterocycles. The van der Waals surface area contributed by atoms with Gasteiger partial charge in [-0.15, -0.1) is 5.10 Å². The van der Waals surface area contributed by atoms with Crippen LogP contribution in [0.2, 0.25) is 0 Å². The highest BCUT2D eigenvalue weighted by Crippen LogP contribution is 2.21. The van der Waals surface area contributed by atoms with Crippen molar-refractivity contribution in [3.05, 3.63) is 66.2 Å². The fraction of sp³-hybridized carbons (Fsp3) is 0.286. The predicted octanol–water partition coefficient (Wildman–Crippen LogP) is 3.98. The molecule has 27 heavy (non-hydrogen) atoms. The van der Waals surface area contributed by atoms with Gasteiger partial charge in [0.25, 0.3) is 0 Å². The maximum Gasteiger partial charge on any atom is 0.222 e. The molecule has 0 unspecified atom stereocenters. The quantitative estimate of drug-likeness (QED) is 0.704. The van der Waals surface area contributed by atoms with Crippen LogP contribution in [0.4, 0.5) is 4.39 Å². The minimum Gasteiger partial charge on any atom is -0.335 e. The second kappa shape index (κ2) is 7.70. The lowest BCUT2D eigenvalue weighted by atomic mass is 10.2. The largest absolute Gasteiger partial charge is 0.335 e. The van der Waals surface area contributed by atoms with Crippen molar-refractivity contribution in [1.82, 2.24) is 19.7 Å². The number of aromatic nitrogens is 3. The van der Waals surface area contributed by atoms with Gasteiger partial charge in [-0.25, -0.2) is 14.1 Å². The number of carbonyl (C=O) groups excluding carboxylic acids is 1. The van der Waals surface area contributed by atoms with E-state index in [4.69, 9.17) is 4.98 Å². The van der Waals surface area contributed by atoms with E-state index in [0.717, 1.165) is 37.1 Å². The molecule has 4 rings (SSSR count). The van der Waals surface area contributed by atoms with Crippen LogP contribution in [0.1, 0.15) is 31.5 Å². The molecule has 0 bridgehead atoms. The Morgan fingerprint density at radius 3 is 2.52 bits per heavy atom. The molecule has 1 fully saturated rings. The number of nitrogens with zero attached hydrogens (tertiary/aromatic N) is 4. The second-order valence-corrected chi connectivity index (χ2v) is 6.73. The molecule has 138 valence electrons. The molecule has 6 heteroatoms. The van der Waals surface area contributed by atoms with Gasteiger partial charge in [0, 0.05) is 18.5 Å². The lowest BCUT2D eigenvalue weighted by molar-refractivity contribution is -0.131. The monoisotopic (exact) mass is 364 g/mol. The molecule has 0 N–H and O–H groups in total. The van der Waals surface area contributed by atoms with Crippen LogP contribution in [-0.4, -0.2) is 32.1 Å². The smallest absolute Gasteiger partial charge is 0.222 e. The summed E-state index contributed by atoms with van der Waals surface area (Å²) in [5.74, 6) is 1.13. The molecule has 1 aliphatic heterocycles. The summed E-state index contributed by atoms with van der Waals surface area (Å²) in [6, 6.07) is 15.9. The molecule has 0 atom stereocenters. The predicted molar refractivity (Wildman–Crippen MR) is 101 cm³/mol. The number of rotatable bonds is 4. The zero-order valence-corrected chi connectivity index (χ0v) is 15.0. The summed E-state index contributed by atoms with van der Waals surface area (Å²) in [5.41, 5.74) is 1.63. The van der Waals surface area contributed by atoms with E-state index in [1.54, 1.807) is 16.8 Å². The summed E-state index contributed by atoms with van der Waals surface area (Å²) in [7, 11) is 0. The zero-order valence-electron chi connectivity index (χ0n) is 15.0. The summed E-state index contributed by atoms with van der Waals surface area (Å²) in [6.45, 7) is 1.13. The van der Waals surface area contributed by atoms with Gasteiger partial charge in [0.1, 0.15) is 5.82 Å². The van der Waals surface area contributed by atoms with E-state index in [9.17, 15) is 9.18 Å². The minimum atomic E-state index is -0.300. The molecule has 1 saturated heterocycles. The third-order valence-corrected chi connectivity index (χ3v) is 4.78. The molecule has 3 aromatic rings. The van der Waals surface area contributed by atoms with Crippen LogP contribution < -0.4 is 0 Å². The number of likely N-dealkylation sites (tertiary alicyclic amines) is 1. The van der Waals surface area contributed by atoms with Crippen LogP contribution in [0.15, 0.2) is 54.6 Å². The Bertz CT molecular complexity index is 921. The summed E-state index contributed by atoms with van der Waals surface area (Å²) in [5, 5.41) is 4.64. The summed E-state index contributed by atoms with van der Waals surface area (Å²) >= 11 is 0. The topological polar surface area (TPSA) is 51.0 Å². The van der Waals surface area contributed by atoms with Crippen molar-refractivity contribution in [2.24, 2.45) is 0 Å². The first-order valence-corrected chi connectivity index (χ1v) is 9.26. The number of halogens is 1. The SMILES string of the molecule is O=C1CCCCCN1Cc1nc(-c2ccccc2)nn1-c1ccc(F)cc1. The van der Waals surface area contributed by atoms with Crippen LogP contribution in [-0.2, 0) is 11.3 Å². The Morgan fingerprint density at radius 1 is 0.963 bits per heavy atom. The van der Waals surface area contributed by atoms with Gasteiger partial charge in [-0.3, -0.25) is 4.79 Å². The van der Waals surface area contributed by atoms with Gasteiger partial charge in [-0.2, -0.15) is 0 Å². The van der Waals surface area contributed by atoms with Crippen molar-refractivity contribution >= 4 is 5.91 Å². The highest BCUT2D eigenvalue weighted by atomic mass is 19.1. The normalized spacial score (nSPS) is 15.0. The van der Waals surface area contributed by atoms with Crippen LogP contribution in [0.5, 0.6) is 0 Å². The lowest BCUT2D eigenvalue weighted by Crippen LogP contribution is -2.31.